The lowest BCUT2D eigenvalue weighted by molar-refractivity contribution is 0.0547. The summed E-state index contributed by atoms with van der Waals surface area (Å²) in [6.07, 6.45) is 7.38. The van der Waals surface area contributed by atoms with Gasteiger partial charge in [0, 0.05) is 44.0 Å². The van der Waals surface area contributed by atoms with Crippen molar-refractivity contribution in [1.82, 2.24) is 19.9 Å². The van der Waals surface area contributed by atoms with Crippen LogP contribution in [-0.2, 0) is 15.9 Å². The maximum atomic E-state index is 5.55. The molecule has 0 saturated heterocycles. The molecule has 2 aromatic heterocycles. The summed E-state index contributed by atoms with van der Waals surface area (Å²) in [6, 6.07) is 6.34. The quantitative estimate of drug-likeness (QED) is 0.309. The molecule has 31 heavy (non-hydrogen) atoms. The van der Waals surface area contributed by atoms with Gasteiger partial charge in [0.15, 0.2) is 0 Å². The number of hydrogen-bond acceptors (Lipinski definition) is 10. The fourth-order valence-corrected chi connectivity index (χ4v) is 3.34. The van der Waals surface area contributed by atoms with E-state index in [9.17, 15) is 0 Å². The molecule has 0 aliphatic heterocycles. The van der Waals surface area contributed by atoms with Gasteiger partial charge in [0.2, 0.25) is 17.8 Å². The standard InChI is InChI=1S/C21H34N8O2/c22-9-13-30-15-16-31-14-12-25-20-27-19(24-11-8-17-5-3-4-10-23-17)28-21(29-20)26-18-6-1-2-7-18/h3-5,10,18H,1-2,6-9,11-16,22H2,(H3,24,25,26,27,28,29). The minimum absolute atomic E-state index is 0.425. The van der Waals surface area contributed by atoms with Crippen LogP contribution in [0.3, 0.4) is 0 Å². The van der Waals surface area contributed by atoms with E-state index in [1.165, 1.54) is 12.8 Å². The van der Waals surface area contributed by atoms with E-state index in [-0.39, 0.29) is 0 Å². The van der Waals surface area contributed by atoms with E-state index in [1.54, 1.807) is 6.20 Å². The molecule has 10 heteroatoms. The second-order valence-electron chi connectivity index (χ2n) is 7.37. The Morgan fingerprint density at radius 1 is 0.871 bits per heavy atom. The second kappa shape index (κ2) is 13.7. The summed E-state index contributed by atoms with van der Waals surface area (Å²) in [7, 11) is 0. The highest BCUT2D eigenvalue weighted by atomic mass is 16.5. The lowest BCUT2D eigenvalue weighted by Gasteiger charge is -2.14. The molecule has 2 aromatic rings. The van der Waals surface area contributed by atoms with Gasteiger partial charge in [0.25, 0.3) is 0 Å². The minimum atomic E-state index is 0.425. The van der Waals surface area contributed by atoms with Gasteiger partial charge in [-0.05, 0) is 25.0 Å². The molecular formula is C21H34N8O2. The fourth-order valence-electron chi connectivity index (χ4n) is 3.34. The molecule has 0 bridgehead atoms. The maximum Gasteiger partial charge on any atom is 0.229 e. The Bertz CT molecular complexity index is 743. The zero-order valence-corrected chi connectivity index (χ0v) is 18.1. The summed E-state index contributed by atoms with van der Waals surface area (Å²) in [5.74, 6) is 1.67. The second-order valence-corrected chi connectivity index (χ2v) is 7.37. The Kier molecular flexibility index (Phi) is 10.2. The van der Waals surface area contributed by atoms with Crippen molar-refractivity contribution >= 4 is 17.8 Å². The van der Waals surface area contributed by atoms with Crippen LogP contribution in [-0.4, -0.2) is 72.0 Å². The lowest BCUT2D eigenvalue weighted by atomic mass is 10.2. The summed E-state index contributed by atoms with van der Waals surface area (Å²) in [5, 5.41) is 9.96. The van der Waals surface area contributed by atoms with Crippen molar-refractivity contribution in [3.8, 4) is 0 Å². The van der Waals surface area contributed by atoms with Gasteiger partial charge in [0.05, 0.1) is 26.4 Å². The molecule has 0 radical (unpaired) electrons. The first-order chi connectivity index (χ1) is 15.3. The number of rotatable bonds is 15. The zero-order chi connectivity index (χ0) is 21.6. The summed E-state index contributed by atoms with van der Waals surface area (Å²) in [4.78, 5) is 17.9. The number of nitrogens with one attached hydrogen (secondary N) is 3. The Morgan fingerprint density at radius 2 is 1.58 bits per heavy atom. The van der Waals surface area contributed by atoms with Crippen LogP contribution in [0.5, 0.6) is 0 Å². The fraction of sp³-hybridized carbons (Fsp3) is 0.619. The van der Waals surface area contributed by atoms with Crippen LogP contribution in [0, 0.1) is 0 Å². The number of nitrogens with zero attached hydrogens (tertiary/aromatic N) is 4. The third kappa shape index (κ3) is 8.99. The van der Waals surface area contributed by atoms with Gasteiger partial charge < -0.3 is 31.2 Å². The molecular weight excluding hydrogens is 396 g/mol. The Labute approximate surface area is 183 Å². The molecule has 0 unspecified atom stereocenters. The van der Waals surface area contributed by atoms with E-state index < -0.39 is 0 Å². The molecule has 2 heterocycles. The molecule has 1 aliphatic rings. The van der Waals surface area contributed by atoms with Gasteiger partial charge in [-0.25, -0.2) is 0 Å². The molecule has 0 atom stereocenters. The van der Waals surface area contributed by atoms with Crippen LogP contribution in [0.25, 0.3) is 0 Å². The van der Waals surface area contributed by atoms with Crippen LogP contribution >= 0.6 is 0 Å². The van der Waals surface area contributed by atoms with Crippen molar-refractivity contribution in [3.05, 3.63) is 30.1 Å². The van der Waals surface area contributed by atoms with E-state index in [0.717, 1.165) is 25.0 Å². The van der Waals surface area contributed by atoms with Gasteiger partial charge in [-0.3, -0.25) is 4.98 Å². The van der Waals surface area contributed by atoms with E-state index in [4.69, 9.17) is 15.2 Å². The number of pyridine rings is 1. The highest BCUT2D eigenvalue weighted by Gasteiger charge is 2.17. The number of anilines is 3. The topological polar surface area (TPSA) is 132 Å². The highest BCUT2D eigenvalue weighted by molar-refractivity contribution is 5.42. The molecule has 0 amide bonds. The van der Waals surface area contributed by atoms with Crippen molar-refractivity contribution in [2.75, 3.05) is 62.0 Å². The molecule has 3 rings (SSSR count). The highest BCUT2D eigenvalue weighted by Crippen LogP contribution is 2.21. The van der Waals surface area contributed by atoms with E-state index >= 15 is 0 Å². The largest absolute Gasteiger partial charge is 0.378 e. The molecule has 1 fully saturated rings. The first kappa shape index (κ1) is 23.1. The molecule has 1 aliphatic carbocycles. The Hall–Kier alpha value is -2.56. The van der Waals surface area contributed by atoms with Gasteiger partial charge in [-0.15, -0.1) is 0 Å². The molecule has 10 nitrogen and oxygen atoms in total. The van der Waals surface area contributed by atoms with E-state index in [2.05, 4.69) is 35.9 Å². The Balaban J connectivity index is 1.49. The van der Waals surface area contributed by atoms with Crippen molar-refractivity contribution in [1.29, 1.82) is 0 Å². The number of nitrogens with two attached hydrogens (primary N) is 1. The van der Waals surface area contributed by atoms with Crippen LogP contribution < -0.4 is 21.7 Å². The first-order valence-corrected chi connectivity index (χ1v) is 11.1. The number of aromatic nitrogens is 4. The average Bonchev–Trinajstić information content (AvgIpc) is 3.29. The van der Waals surface area contributed by atoms with Crippen LogP contribution in [0.4, 0.5) is 17.8 Å². The van der Waals surface area contributed by atoms with Crippen LogP contribution in [0.15, 0.2) is 24.4 Å². The summed E-state index contributed by atoms with van der Waals surface area (Å²) < 4.78 is 10.8. The predicted molar refractivity (Wildman–Crippen MR) is 121 cm³/mol. The van der Waals surface area contributed by atoms with Gasteiger partial charge in [-0.1, -0.05) is 18.9 Å². The molecule has 0 aromatic carbocycles. The third-order valence-corrected chi connectivity index (χ3v) is 4.88. The molecule has 1 saturated carbocycles. The van der Waals surface area contributed by atoms with Crippen molar-refractivity contribution in [3.63, 3.8) is 0 Å². The molecule has 170 valence electrons. The predicted octanol–water partition coefficient (Wildman–Crippen LogP) is 1.68. The summed E-state index contributed by atoms with van der Waals surface area (Å²) >= 11 is 0. The van der Waals surface area contributed by atoms with Gasteiger partial charge >= 0.3 is 0 Å². The van der Waals surface area contributed by atoms with Gasteiger partial charge in [0.1, 0.15) is 0 Å². The van der Waals surface area contributed by atoms with Crippen LogP contribution in [0.1, 0.15) is 31.4 Å². The summed E-state index contributed by atoms with van der Waals surface area (Å²) in [6.45, 7) is 3.98. The minimum Gasteiger partial charge on any atom is -0.378 e. The average molecular weight is 431 g/mol. The van der Waals surface area contributed by atoms with E-state index in [0.29, 0.717) is 69.9 Å². The first-order valence-electron chi connectivity index (χ1n) is 11.1. The number of hydrogen-bond donors (Lipinski definition) is 4. The van der Waals surface area contributed by atoms with Crippen LogP contribution in [0.2, 0.25) is 0 Å². The SMILES string of the molecule is NCCOCCOCCNc1nc(NCCc2ccccn2)nc(NC2CCCC2)n1. The molecule has 5 N–H and O–H groups in total. The van der Waals surface area contributed by atoms with Crippen molar-refractivity contribution < 1.29 is 9.47 Å². The van der Waals surface area contributed by atoms with E-state index in [1.807, 2.05) is 18.2 Å². The maximum absolute atomic E-state index is 5.55. The Morgan fingerprint density at radius 3 is 2.29 bits per heavy atom. The zero-order valence-electron chi connectivity index (χ0n) is 18.1. The lowest BCUT2D eigenvalue weighted by Crippen LogP contribution is -2.20. The smallest absolute Gasteiger partial charge is 0.229 e. The van der Waals surface area contributed by atoms with Crippen molar-refractivity contribution in [2.45, 2.75) is 38.1 Å². The monoisotopic (exact) mass is 430 g/mol. The third-order valence-electron chi connectivity index (χ3n) is 4.88. The normalized spacial score (nSPS) is 14.0. The molecule has 0 spiro atoms. The van der Waals surface area contributed by atoms with Gasteiger partial charge in [-0.2, -0.15) is 15.0 Å². The number of ether oxygens (including phenoxy) is 2. The summed E-state index contributed by atoms with van der Waals surface area (Å²) in [5.41, 5.74) is 6.41. The van der Waals surface area contributed by atoms with Crippen molar-refractivity contribution in [2.24, 2.45) is 5.73 Å².